The Hall–Kier alpha value is -2.50. The molecule has 0 saturated carbocycles. The first-order valence-corrected chi connectivity index (χ1v) is 9.30. The molecule has 6 heteroatoms. The Morgan fingerprint density at radius 2 is 1.85 bits per heavy atom. The molecule has 0 spiro atoms. The highest BCUT2D eigenvalue weighted by atomic mass is 35.5. The van der Waals surface area contributed by atoms with Crippen LogP contribution in [0.25, 0.3) is 5.57 Å². The predicted octanol–water partition coefficient (Wildman–Crippen LogP) is 4.89. The lowest BCUT2D eigenvalue weighted by molar-refractivity contribution is -0.131. The van der Waals surface area contributed by atoms with E-state index in [9.17, 15) is 9.59 Å². The summed E-state index contributed by atoms with van der Waals surface area (Å²) in [6.45, 7) is 2.83. The number of nitrogens with zero attached hydrogens (tertiary/aromatic N) is 1. The lowest BCUT2D eigenvalue weighted by Gasteiger charge is -2.18. The molecule has 0 unspecified atom stereocenters. The lowest BCUT2D eigenvalue weighted by Crippen LogP contribution is -2.22. The first-order valence-electron chi connectivity index (χ1n) is 8.11. The molecule has 4 rings (SSSR count). The summed E-state index contributed by atoms with van der Waals surface area (Å²) in [5.41, 5.74) is 2.42. The van der Waals surface area contributed by atoms with Crippen LogP contribution in [0.2, 0.25) is 5.02 Å². The Morgan fingerprint density at radius 1 is 1.08 bits per heavy atom. The van der Waals surface area contributed by atoms with Crippen molar-refractivity contribution in [3.8, 4) is 0 Å². The van der Waals surface area contributed by atoms with Gasteiger partial charge in [-0.25, -0.2) is 9.59 Å². The summed E-state index contributed by atoms with van der Waals surface area (Å²) in [4.78, 5) is 27.3. The average Bonchev–Trinajstić information content (AvgIpc) is 2.98. The fourth-order valence-corrected chi connectivity index (χ4v) is 4.31. The summed E-state index contributed by atoms with van der Waals surface area (Å²) in [6, 6.07) is 12.7. The number of fused-ring (bicyclic) bond motifs is 2. The number of hydrogen-bond donors (Lipinski definition) is 0. The van der Waals surface area contributed by atoms with E-state index in [0.29, 0.717) is 21.7 Å². The normalized spacial score (nSPS) is 18.9. The van der Waals surface area contributed by atoms with E-state index in [2.05, 4.69) is 11.8 Å². The van der Waals surface area contributed by atoms with Gasteiger partial charge >= 0.3 is 11.9 Å². The number of benzene rings is 2. The number of hydrogen-bond acceptors (Lipinski definition) is 5. The van der Waals surface area contributed by atoms with Crippen molar-refractivity contribution in [1.29, 1.82) is 0 Å². The number of thioether (sulfide) groups is 1. The number of ether oxygens (including phenoxy) is 1. The highest BCUT2D eigenvalue weighted by molar-refractivity contribution is 8.03. The monoisotopic (exact) mass is 383 g/mol. The highest BCUT2D eigenvalue weighted by Gasteiger charge is 2.29. The quantitative estimate of drug-likeness (QED) is 0.419. The SMILES string of the molecule is CCN1/C(=C/C=C2\C(=O)OC(=O)c3ccccc32)Sc2ccc(Cl)cc21. The fourth-order valence-electron chi connectivity index (χ4n) is 3.04. The summed E-state index contributed by atoms with van der Waals surface area (Å²) in [7, 11) is 0. The first kappa shape index (κ1) is 16.9. The maximum Gasteiger partial charge on any atom is 0.346 e. The van der Waals surface area contributed by atoms with Crippen LogP contribution in [0.5, 0.6) is 0 Å². The molecule has 130 valence electrons. The summed E-state index contributed by atoms with van der Waals surface area (Å²) in [5, 5.41) is 1.67. The number of carbonyl (C=O) groups excluding carboxylic acids is 2. The van der Waals surface area contributed by atoms with Crippen molar-refractivity contribution < 1.29 is 14.3 Å². The zero-order chi connectivity index (χ0) is 18.3. The zero-order valence-electron chi connectivity index (χ0n) is 13.9. The second-order valence-corrected chi connectivity index (χ2v) is 7.26. The summed E-state index contributed by atoms with van der Waals surface area (Å²) >= 11 is 7.73. The Morgan fingerprint density at radius 3 is 2.62 bits per heavy atom. The van der Waals surface area contributed by atoms with Crippen molar-refractivity contribution in [3.63, 3.8) is 0 Å². The van der Waals surface area contributed by atoms with Crippen LogP contribution in [0.15, 0.2) is 64.5 Å². The van der Waals surface area contributed by atoms with Crippen LogP contribution in [0, 0.1) is 0 Å². The van der Waals surface area contributed by atoms with E-state index in [-0.39, 0.29) is 0 Å². The molecule has 2 aromatic rings. The van der Waals surface area contributed by atoms with Crippen molar-refractivity contribution in [2.24, 2.45) is 0 Å². The van der Waals surface area contributed by atoms with Crippen molar-refractivity contribution in [1.82, 2.24) is 0 Å². The van der Waals surface area contributed by atoms with Gasteiger partial charge in [0, 0.05) is 22.0 Å². The van der Waals surface area contributed by atoms with Gasteiger partial charge in [-0.05, 0) is 43.3 Å². The van der Waals surface area contributed by atoms with Gasteiger partial charge in [-0.15, -0.1) is 0 Å². The molecule has 0 aliphatic carbocycles. The number of cyclic esters (lactones) is 2. The van der Waals surface area contributed by atoms with E-state index in [1.165, 1.54) is 0 Å². The minimum atomic E-state index is -0.628. The standard InChI is InChI=1S/C20H14ClNO3S/c1-2-22-16-11-12(21)7-9-17(16)26-18(22)10-8-15-13-5-3-4-6-14(13)19(23)25-20(15)24/h3-11H,2H2,1H3/b15-8-,18-10-. The number of halogens is 1. The van der Waals surface area contributed by atoms with Crippen LogP contribution in [-0.4, -0.2) is 18.5 Å². The van der Waals surface area contributed by atoms with E-state index in [1.807, 2.05) is 24.3 Å². The van der Waals surface area contributed by atoms with Crippen LogP contribution in [0.4, 0.5) is 5.69 Å². The molecular formula is C20H14ClNO3S. The van der Waals surface area contributed by atoms with Crippen LogP contribution >= 0.6 is 23.4 Å². The van der Waals surface area contributed by atoms with Crippen molar-refractivity contribution in [2.75, 3.05) is 11.4 Å². The van der Waals surface area contributed by atoms with E-state index in [1.54, 1.807) is 42.1 Å². The smallest absolute Gasteiger partial charge is 0.346 e. The highest BCUT2D eigenvalue weighted by Crippen LogP contribution is 2.46. The third-order valence-corrected chi connectivity index (χ3v) is 5.61. The minimum Gasteiger partial charge on any atom is -0.386 e. The Kier molecular flexibility index (Phi) is 4.34. The molecule has 0 N–H and O–H groups in total. The molecule has 2 aliphatic rings. The van der Waals surface area contributed by atoms with Gasteiger partial charge < -0.3 is 9.64 Å². The molecule has 0 atom stereocenters. The molecule has 4 nitrogen and oxygen atoms in total. The number of esters is 2. The van der Waals surface area contributed by atoms with Crippen LogP contribution in [0.3, 0.4) is 0 Å². The van der Waals surface area contributed by atoms with Gasteiger partial charge in [-0.1, -0.05) is 41.6 Å². The molecular weight excluding hydrogens is 370 g/mol. The third kappa shape index (κ3) is 2.83. The number of allylic oxidation sites excluding steroid dienone is 2. The van der Waals surface area contributed by atoms with E-state index >= 15 is 0 Å². The maximum atomic E-state index is 12.2. The Labute approximate surface area is 160 Å². The van der Waals surface area contributed by atoms with Crippen molar-refractivity contribution in [2.45, 2.75) is 11.8 Å². The van der Waals surface area contributed by atoms with Gasteiger partial charge in [0.15, 0.2) is 0 Å². The van der Waals surface area contributed by atoms with Crippen LogP contribution in [-0.2, 0) is 9.53 Å². The number of carbonyl (C=O) groups is 2. The average molecular weight is 384 g/mol. The molecule has 0 saturated heterocycles. The molecule has 2 aliphatic heterocycles. The van der Waals surface area contributed by atoms with Gasteiger partial charge in [0.05, 0.1) is 21.9 Å². The second-order valence-electron chi connectivity index (χ2n) is 5.77. The van der Waals surface area contributed by atoms with Crippen molar-refractivity contribution in [3.05, 3.63) is 75.8 Å². The number of anilines is 1. The molecule has 2 heterocycles. The zero-order valence-corrected chi connectivity index (χ0v) is 15.4. The minimum absolute atomic E-state index is 0.373. The topological polar surface area (TPSA) is 46.6 Å². The van der Waals surface area contributed by atoms with E-state index < -0.39 is 11.9 Å². The number of rotatable bonds is 2. The van der Waals surface area contributed by atoms with E-state index in [0.717, 1.165) is 22.2 Å². The van der Waals surface area contributed by atoms with Crippen LogP contribution < -0.4 is 4.90 Å². The Bertz CT molecular complexity index is 996. The van der Waals surface area contributed by atoms with Gasteiger partial charge in [-0.2, -0.15) is 0 Å². The molecule has 0 radical (unpaired) electrons. The van der Waals surface area contributed by atoms with Gasteiger partial charge in [0.2, 0.25) is 0 Å². The first-order chi connectivity index (χ1) is 12.6. The van der Waals surface area contributed by atoms with Crippen molar-refractivity contribution >= 4 is 46.6 Å². The second kappa shape index (κ2) is 6.67. The molecule has 26 heavy (non-hydrogen) atoms. The molecule has 0 fully saturated rings. The van der Waals surface area contributed by atoms with Gasteiger partial charge in [0.1, 0.15) is 0 Å². The molecule has 2 aromatic carbocycles. The fraction of sp³-hybridized carbons (Fsp3) is 0.100. The third-order valence-electron chi connectivity index (χ3n) is 4.24. The van der Waals surface area contributed by atoms with Gasteiger partial charge in [-0.3, -0.25) is 0 Å². The maximum absolute atomic E-state index is 12.2. The summed E-state index contributed by atoms with van der Waals surface area (Å²) in [6.07, 6.45) is 3.59. The predicted molar refractivity (Wildman–Crippen MR) is 103 cm³/mol. The lowest BCUT2D eigenvalue weighted by atomic mass is 9.97. The molecule has 0 amide bonds. The largest absolute Gasteiger partial charge is 0.386 e. The Balaban J connectivity index is 1.75. The molecule has 0 bridgehead atoms. The molecule has 0 aromatic heterocycles. The summed E-state index contributed by atoms with van der Waals surface area (Å²) in [5.74, 6) is -1.24. The van der Waals surface area contributed by atoms with E-state index in [4.69, 9.17) is 16.3 Å². The van der Waals surface area contributed by atoms with Gasteiger partial charge in [0.25, 0.3) is 0 Å². The van der Waals surface area contributed by atoms with Crippen LogP contribution in [0.1, 0.15) is 22.8 Å². The summed E-state index contributed by atoms with van der Waals surface area (Å²) < 4.78 is 4.86.